The van der Waals surface area contributed by atoms with Crippen LogP contribution in [0.15, 0.2) is 0 Å². The standard InChI is InChI=1S/C6H12O4P/c1-2-4-8-11(7)9-5-3-6-10-11/h1-6H2. The largest absolute Gasteiger partial charge is 0.474 e. The molecule has 1 radical (unpaired) electrons. The van der Waals surface area contributed by atoms with Crippen LogP contribution < -0.4 is 0 Å². The van der Waals surface area contributed by atoms with Crippen molar-refractivity contribution in [2.75, 3.05) is 19.8 Å². The monoisotopic (exact) mass is 179 g/mol. The zero-order chi connectivity index (χ0) is 8.16. The molecule has 0 bridgehead atoms. The number of phosphoric ester groups is 1. The quantitative estimate of drug-likeness (QED) is 0.619. The fourth-order valence-electron chi connectivity index (χ4n) is 0.700. The van der Waals surface area contributed by atoms with Crippen LogP contribution in [0.1, 0.15) is 12.8 Å². The van der Waals surface area contributed by atoms with E-state index in [1.54, 1.807) is 0 Å². The van der Waals surface area contributed by atoms with Crippen LogP contribution in [0, 0.1) is 6.92 Å². The summed E-state index contributed by atoms with van der Waals surface area (Å²) >= 11 is 0. The van der Waals surface area contributed by atoms with E-state index in [2.05, 4.69) is 6.92 Å². The maximum atomic E-state index is 11.3. The molecule has 0 spiro atoms. The van der Waals surface area contributed by atoms with Gasteiger partial charge in [0.2, 0.25) is 0 Å². The Morgan fingerprint density at radius 3 is 2.64 bits per heavy atom. The van der Waals surface area contributed by atoms with Gasteiger partial charge < -0.3 is 0 Å². The normalized spacial score (nSPS) is 23.4. The lowest BCUT2D eigenvalue weighted by molar-refractivity contribution is 0.0757. The summed E-state index contributed by atoms with van der Waals surface area (Å²) in [6.45, 7) is 4.77. The molecule has 1 fully saturated rings. The maximum absolute atomic E-state index is 11.3. The van der Waals surface area contributed by atoms with Crippen LogP contribution in [-0.4, -0.2) is 19.8 Å². The highest BCUT2D eigenvalue weighted by atomic mass is 31.2. The van der Waals surface area contributed by atoms with Crippen LogP contribution in [0.5, 0.6) is 0 Å². The van der Waals surface area contributed by atoms with Crippen LogP contribution in [-0.2, 0) is 18.1 Å². The highest BCUT2D eigenvalue weighted by molar-refractivity contribution is 7.48. The van der Waals surface area contributed by atoms with E-state index in [1.165, 1.54) is 0 Å². The van der Waals surface area contributed by atoms with Gasteiger partial charge in [0.15, 0.2) is 0 Å². The van der Waals surface area contributed by atoms with Crippen molar-refractivity contribution in [3.8, 4) is 0 Å². The summed E-state index contributed by atoms with van der Waals surface area (Å²) in [4.78, 5) is 0. The number of rotatable bonds is 3. The molecular weight excluding hydrogens is 167 g/mol. The number of hydrogen-bond acceptors (Lipinski definition) is 4. The van der Waals surface area contributed by atoms with Gasteiger partial charge in [0.1, 0.15) is 0 Å². The number of hydrogen-bond donors (Lipinski definition) is 0. The SMILES string of the molecule is [CH2]CCOP1(=O)OCCCO1. The minimum atomic E-state index is -3.17. The van der Waals surface area contributed by atoms with Crippen molar-refractivity contribution in [3.05, 3.63) is 6.92 Å². The highest BCUT2D eigenvalue weighted by Crippen LogP contribution is 2.51. The third-order valence-corrected chi connectivity index (χ3v) is 2.68. The van der Waals surface area contributed by atoms with Gasteiger partial charge in [-0.15, -0.1) is 0 Å². The molecule has 0 amide bonds. The lowest BCUT2D eigenvalue weighted by Gasteiger charge is -2.21. The number of phosphoric acid groups is 1. The van der Waals surface area contributed by atoms with E-state index in [9.17, 15) is 4.57 Å². The topological polar surface area (TPSA) is 44.8 Å². The lowest BCUT2D eigenvalue weighted by Crippen LogP contribution is -2.10. The molecule has 65 valence electrons. The second kappa shape index (κ2) is 4.21. The van der Waals surface area contributed by atoms with Gasteiger partial charge in [0, 0.05) is 0 Å². The Morgan fingerprint density at radius 2 is 2.09 bits per heavy atom. The van der Waals surface area contributed by atoms with E-state index in [4.69, 9.17) is 13.6 Å². The predicted molar refractivity (Wildman–Crippen MR) is 40.1 cm³/mol. The van der Waals surface area contributed by atoms with Gasteiger partial charge in [-0.05, 0) is 12.8 Å². The maximum Gasteiger partial charge on any atom is 0.474 e. The minimum Gasteiger partial charge on any atom is -0.287 e. The highest BCUT2D eigenvalue weighted by Gasteiger charge is 2.28. The van der Waals surface area contributed by atoms with Crippen molar-refractivity contribution in [2.24, 2.45) is 0 Å². The van der Waals surface area contributed by atoms with Gasteiger partial charge in [-0.25, -0.2) is 4.57 Å². The first kappa shape index (κ1) is 9.20. The van der Waals surface area contributed by atoms with Crippen LogP contribution in [0.25, 0.3) is 0 Å². The molecule has 0 aromatic heterocycles. The molecule has 0 aromatic rings. The summed E-state index contributed by atoms with van der Waals surface area (Å²) in [6, 6.07) is 0. The van der Waals surface area contributed by atoms with E-state index >= 15 is 0 Å². The van der Waals surface area contributed by atoms with Crippen LogP contribution in [0.2, 0.25) is 0 Å². The average Bonchev–Trinajstić information content (AvgIpc) is 2.03. The molecule has 0 aromatic carbocycles. The third kappa shape index (κ3) is 2.91. The van der Waals surface area contributed by atoms with Crippen molar-refractivity contribution in [1.29, 1.82) is 0 Å². The average molecular weight is 179 g/mol. The zero-order valence-electron chi connectivity index (χ0n) is 6.32. The molecule has 5 heteroatoms. The van der Waals surface area contributed by atoms with E-state index in [0.29, 0.717) is 26.2 Å². The van der Waals surface area contributed by atoms with Gasteiger partial charge in [-0.2, -0.15) is 0 Å². The molecule has 11 heavy (non-hydrogen) atoms. The Kier molecular flexibility index (Phi) is 3.52. The fourth-order valence-corrected chi connectivity index (χ4v) is 1.98. The molecule has 0 aliphatic carbocycles. The molecule has 1 rings (SSSR count). The molecule has 0 atom stereocenters. The molecular formula is C6H12O4P. The molecule has 0 N–H and O–H groups in total. The fraction of sp³-hybridized carbons (Fsp3) is 0.833. The Balaban J connectivity index is 2.32. The second-order valence-corrected chi connectivity index (χ2v) is 3.82. The lowest BCUT2D eigenvalue weighted by atomic mass is 10.5. The van der Waals surface area contributed by atoms with E-state index in [0.717, 1.165) is 6.42 Å². The van der Waals surface area contributed by atoms with Gasteiger partial charge in [0.05, 0.1) is 19.8 Å². The molecule has 1 aliphatic rings. The molecule has 1 heterocycles. The van der Waals surface area contributed by atoms with Crippen molar-refractivity contribution < 1.29 is 18.1 Å². The summed E-state index contributed by atoms with van der Waals surface area (Å²) < 4.78 is 25.9. The first-order chi connectivity index (χ1) is 5.27. The molecule has 0 unspecified atom stereocenters. The van der Waals surface area contributed by atoms with E-state index < -0.39 is 7.82 Å². The molecule has 1 aliphatic heterocycles. The summed E-state index contributed by atoms with van der Waals surface area (Å²) in [5, 5.41) is 0. The van der Waals surface area contributed by atoms with Crippen molar-refractivity contribution in [2.45, 2.75) is 12.8 Å². The van der Waals surface area contributed by atoms with Crippen molar-refractivity contribution in [3.63, 3.8) is 0 Å². The summed E-state index contributed by atoms with van der Waals surface area (Å²) in [7, 11) is -3.17. The van der Waals surface area contributed by atoms with E-state index in [1.807, 2.05) is 0 Å². The van der Waals surface area contributed by atoms with Crippen LogP contribution in [0.3, 0.4) is 0 Å². The third-order valence-electron chi connectivity index (χ3n) is 1.18. The van der Waals surface area contributed by atoms with Gasteiger partial charge in [-0.1, -0.05) is 6.92 Å². The van der Waals surface area contributed by atoms with Gasteiger partial charge >= 0.3 is 7.82 Å². The first-order valence-electron chi connectivity index (χ1n) is 3.60. The predicted octanol–water partition coefficient (Wildman–Crippen LogP) is 1.77. The van der Waals surface area contributed by atoms with Gasteiger partial charge in [0.25, 0.3) is 0 Å². The van der Waals surface area contributed by atoms with Crippen molar-refractivity contribution >= 4 is 7.82 Å². The smallest absolute Gasteiger partial charge is 0.287 e. The Morgan fingerprint density at radius 1 is 1.45 bits per heavy atom. The summed E-state index contributed by atoms with van der Waals surface area (Å²) in [5.41, 5.74) is 0. The van der Waals surface area contributed by atoms with Gasteiger partial charge in [-0.3, -0.25) is 13.6 Å². The van der Waals surface area contributed by atoms with Crippen LogP contribution >= 0.6 is 7.82 Å². The zero-order valence-corrected chi connectivity index (χ0v) is 7.22. The Bertz CT molecular complexity index is 149. The summed E-state index contributed by atoms with van der Waals surface area (Å²) in [6.07, 6.45) is 1.34. The van der Waals surface area contributed by atoms with Crippen molar-refractivity contribution in [1.82, 2.24) is 0 Å². The van der Waals surface area contributed by atoms with E-state index in [-0.39, 0.29) is 0 Å². The Hall–Kier alpha value is 0.110. The van der Waals surface area contributed by atoms with Crippen LogP contribution in [0.4, 0.5) is 0 Å². The summed E-state index contributed by atoms with van der Waals surface area (Å²) in [5.74, 6) is 0. The first-order valence-corrected chi connectivity index (χ1v) is 5.06. The molecule has 1 saturated heterocycles. The Labute approximate surface area is 66.4 Å². The molecule has 0 saturated carbocycles. The second-order valence-electron chi connectivity index (χ2n) is 2.15. The minimum absolute atomic E-state index is 0.317. The molecule has 4 nitrogen and oxygen atoms in total.